The molecule has 0 aliphatic heterocycles. The van der Waals surface area contributed by atoms with Gasteiger partial charge in [0.25, 0.3) is 0 Å². The Kier molecular flexibility index (Phi) is 1.39. The van der Waals surface area contributed by atoms with E-state index in [-0.39, 0.29) is 0 Å². The van der Waals surface area contributed by atoms with E-state index in [2.05, 4.69) is 29.2 Å². The molecule has 0 radical (unpaired) electrons. The second-order valence-corrected chi connectivity index (χ2v) is 5.06. The van der Waals surface area contributed by atoms with Crippen LogP contribution in [0.25, 0.3) is 11.0 Å². The van der Waals surface area contributed by atoms with Crippen LogP contribution in [0.15, 0.2) is 24.3 Å². The number of benzene rings is 1. The first-order valence-corrected chi connectivity index (χ1v) is 5.85. The van der Waals surface area contributed by atoms with Gasteiger partial charge in [0.1, 0.15) is 5.82 Å². The Morgan fingerprint density at radius 1 is 1.07 bits per heavy atom. The molecule has 2 aliphatic carbocycles. The van der Waals surface area contributed by atoms with Crippen molar-refractivity contribution >= 4 is 11.0 Å². The molecule has 1 aromatic heterocycles. The largest absolute Gasteiger partial charge is 0.342 e. The summed E-state index contributed by atoms with van der Waals surface area (Å²) in [4.78, 5) is 8.16. The number of imidazole rings is 1. The van der Waals surface area contributed by atoms with Gasteiger partial charge in [-0.3, -0.25) is 0 Å². The van der Waals surface area contributed by atoms with Crippen LogP contribution in [0, 0.1) is 11.8 Å². The molecule has 0 bridgehead atoms. The highest BCUT2D eigenvalue weighted by molar-refractivity contribution is 5.74. The second kappa shape index (κ2) is 2.63. The fourth-order valence-corrected chi connectivity index (χ4v) is 3.10. The molecule has 4 rings (SSSR count). The van der Waals surface area contributed by atoms with E-state index in [1.807, 2.05) is 0 Å². The van der Waals surface area contributed by atoms with Crippen LogP contribution in [0.2, 0.25) is 0 Å². The van der Waals surface area contributed by atoms with E-state index in [9.17, 15) is 0 Å². The first-order valence-electron chi connectivity index (χ1n) is 5.85. The topological polar surface area (TPSA) is 28.7 Å². The van der Waals surface area contributed by atoms with Crippen molar-refractivity contribution in [3.8, 4) is 0 Å². The van der Waals surface area contributed by atoms with E-state index in [0.717, 1.165) is 17.4 Å². The van der Waals surface area contributed by atoms with E-state index in [1.165, 1.54) is 30.6 Å². The van der Waals surface area contributed by atoms with Crippen molar-refractivity contribution in [3.05, 3.63) is 30.1 Å². The Morgan fingerprint density at radius 3 is 2.67 bits per heavy atom. The molecule has 2 nitrogen and oxygen atoms in total. The minimum absolute atomic E-state index is 0.709. The number of aromatic amines is 1. The molecular formula is C13H14N2. The number of hydrogen-bond acceptors (Lipinski definition) is 1. The molecule has 76 valence electrons. The molecule has 2 heteroatoms. The molecule has 2 aromatic rings. The summed E-state index contributed by atoms with van der Waals surface area (Å²) >= 11 is 0. The fourth-order valence-electron chi connectivity index (χ4n) is 3.10. The molecule has 2 aliphatic rings. The minimum Gasteiger partial charge on any atom is -0.342 e. The summed E-state index contributed by atoms with van der Waals surface area (Å²) in [5, 5.41) is 0. The van der Waals surface area contributed by atoms with Crippen molar-refractivity contribution < 1.29 is 0 Å². The molecule has 2 atom stereocenters. The molecule has 0 saturated heterocycles. The molecule has 2 saturated carbocycles. The first-order chi connectivity index (χ1) is 7.40. The molecule has 2 unspecified atom stereocenters. The standard InChI is InChI=1S/C13H14N2/c1-2-4-12-11(3-1)14-13(15-12)10-6-8-5-9(8)7-10/h1-4,8-10H,5-7H2,(H,14,15). The first kappa shape index (κ1) is 7.91. The lowest BCUT2D eigenvalue weighted by molar-refractivity contribution is 0.597. The lowest BCUT2D eigenvalue weighted by Gasteiger charge is -2.06. The van der Waals surface area contributed by atoms with E-state index in [0.29, 0.717) is 5.92 Å². The van der Waals surface area contributed by atoms with Crippen LogP contribution in [-0.2, 0) is 0 Å². The van der Waals surface area contributed by atoms with Gasteiger partial charge in [0.05, 0.1) is 11.0 Å². The Morgan fingerprint density at radius 2 is 1.87 bits per heavy atom. The zero-order valence-electron chi connectivity index (χ0n) is 8.61. The lowest BCUT2D eigenvalue weighted by atomic mass is 10.0. The molecule has 1 aromatic carbocycles. The van der Waals surface area contributed by atoms with Crippen LogP contribution in [0.1, 0.15) is 31.0 Å². The van der Waals surface area contributed by atoms with Crippen LogP contribution in [0.3, 0.4) is 0 Å². The van der Waals surface area contributed by atoms with Crippen LogP contribution in [-0.4, -0.2) is 9.97 Å². The average molecular weight is 198 g/mol. The van der Waals surface area contributed by atoms with Gasteiger partial charge in [-0.05, 0) is 43.2 Å². The quantitative estimate of drug-likeness (QED) is 0.749. The number of H-pyrrole nitrogens is 1. The lowest BCUT2D eigenvalue weighted by Crippen LogP contribution is -1.97. The summed E-state index contributed by atoms with van der Waals surface area (Å²) < 4.78 is 0. The van der Waals surface area contributed by atoms with Crippen LogP contribution in [0.5, 0.6) is 0 Å². The number of rotatable bonds is 1. The highest BCUT2D eigenvalue weighted by Crippen LogP contribution is 2.57. The van der Waals surface area contributed by atoms with Crippen molar-refractivity contribution in [2.24, 2.45) is 11.8 Å². The maximum absolute atomic E-state index is 4.69. The number of para-hydroxylation sites is 2. The van der Waals surface area contributed by atoms with Gasteiger partial charge in [0.15, 0.2) is 0 Å². The van der Waals surface area contributed by atoms with Crippen LogP contribution < -0.4 is 0 Å². The Bertz CT molecular complexity index is 471. The summed E-state index contributed by atoms with van der Waals surface area (Å²) in [7, 11) is 0. The second-order valence-electron chi connectivity index (χ2n) is 5.06. The van der Waals surface area contributed by atoms with Crippen molar-refractivity contribution in [1.82, 2.24) is 9.97 Å². The third-order valence-electron chi connectivity index (χ3n) is 4.04. The highest BCUT2D eigenvalue weighted by Gasteiger charge is 2.46. The number of fused-ring (bicyclic) bond motifs is 2. The Labute approximate surface area is 88.7 Å². The molecule has 0 spiro atoms. The van der Waals surface area contributed by atoms with Gasteiger partial charge in [0.2, 0.25) is 0 Å². The van der Waals surface area contributed by atoms with E-state index in [4.69, 9.17) is 4.98 Å². The molecule has 1 heterocycles. The Balaban J connectivity index is 1.75. The smallest absolute Gasteiger partial charge is 0.110 e. The summed E-state index contributed by atoms with van der Waals surface area (Å²) in [5.74, 6) is 4.00. The van der Waals surface area contributed by atoms with E-state index >= 15 is 0 Å². The molecular weight excluding hydrogens is 184 g/mol. The summed E-state index contributed by atoms with van der Waals surface area (Å²) in [6, 6.07) is 8.32. The van der Waals surface area contributed by atoms with Gasteiger partial charge in [-0.25, -0.2) is 4.98 Å². The average Bonchev–Trinajstić information content (AvgIpc) is 2.76. The number of nitrogens with one attached hydrogen (secondary N) is 1. The number of nitrogens with zero attached hydrogens (tertiary/aromatic N) is 1. The molecule has 2 fully saturated rings. The van der Waals surface area contributed by atoms with Crippen molar-refractivity contribution in [1.29, 1.82) is 0 Å². The zero-order valence-corrected chi connectivity index (χ0v) is 8.61. The van der Waals surface area contributed by atoms with Gasteiger partial charge in [-0.2, -0.15) is 0 Å². The van der Waals surface area contributed by atoms with E-state index < -0.39 is 0 Å². The van der Waals surface area contributed by atoms with Gasteiger partial charge < -0.3 is 4.98 Å². The van der Waals surface area contributed by atoms with Crippen LogP contribution >= 0.6 is 0 Å². The normalized spacial score (nSPS) is 33.2. The van der Waals surface area contributed by atoms with Crippen molar-refractivity contribution in [3.63, 3.8) is 0 Å². The van der Waals surface area contributed by atoms with Crippen LogP contribution in [0.4, 0.5) is 0 Å². The highest BCUT2D eigenvalue weighted by atomic mass is 14.9. The summed E-state index contributed by atoms with van der Waals surface area (Å²) in [6.45, 7) is 0. The predicted octanol–water partition coefficient (Wildman–Crippen LogP) is 3.08. The fraction of sp³-hybridized carbons (Fsp3) is 0.462. The zero-order chi connectivity index (χ0) is 9.83. The molecule has 0 amide bonds. The Hall–Kier alpha value is -1.31. The van der Waals surface area contributed by atoms with Gasteiger partial charge >= 0.3 is 0 Å². The van der Waals surface area contributed by atoms with E-state index in [1.54, 1.807) is 0 Å². The minimum atomic E-state index is 0.709. The SMILES string of the molecule is c1ccc2[nH]c(C3CC4CC4C3)nc2c1. The summed E-state index contributed by atoms with van der Waals surface area (Å²) in [6.07, 6.45) is 4.21. The monoisotopic (exact) mass is 198 g/mol. The van der Waals surface area contributed by atoms with Gasteiger partial charge in [-0.15, -0.1) is 0 Å². The van der Waals surface area contributed by atoms with Crippen molar-refractivity contribution in [2.75, 3.05) is 0 Å². The third kappa shape index (κ3) is 1.14. The molecule has 1 N–H and O–H groups in total. The molecule has 15 heavy (non-hydrogen) atoms. The van der Waals surface area contributed by atoms with Gasteiger partial charge in [-0.1, -0.05) is 12.1 Å². The number of aromatic nitrogens is 2. The third-order valence-corrected chi connectivity index (χ3v) is 4.04. The van der Waals surface area contributed by atoms with Gasteiger partial charge in [0, 0.05) is 5.92 Å². The maximum Gasteiger partial charge on any atom is 0.110 e. The maximum atomic E-state index is 4.69. The predicted molar refractivity (Wildman–Crippen MR) is 59.7 cm³/mol. The van der Waals surface area contributed by atoms with Crippen molar-refractivity contribution in [2.45, 2.75) is 25.2 Å². The number of hydrogen-bond donors (Lipinski definition) is 1. The summed E-state index contributed by atoms with van der Waals surface area (Å²) in [5.41, 5.74) is 2.31.